The number of rotatable bonds is 8. The molecule has 0 radical (unpaired) electrons. The number of hydrazone groups is 1. The van der Waals surface area contributed by atoms with Crippen LogP contribution < -0.4 is 14.3 Å². The highest BCUT2D eigenvalue weighted by Gasteiger charge is 2.14. The van der Waals surface area contributed by atoms with Crippen LogP contribution in [-0.2, 0) is 16.6 Å². The second-order valence-electron chi connectivity index (χ2n) is 6.38. The standard InChI is InChI=1S/C21H16Br2Cl2N2O4S/c1-30-20-10-14(11-26-27-32(28,29)16-5-3-15(22)4-6-16)8-17(23)21(20)31-12-13-2-7-18(24)19(25)9-13/h2-11,27H,12H2,1H3/b26-11-. The number of methoxy groups -OCH3 is 1. The number of nitrogens with one attached hydrogen (secondary N) is 1. The van der Waals surface area contributed by atoms with Gasteiger partial charge in [-0.15, -0.1) is 0 Å². The van der Waals surface area contributed by atoms with Gasteiger partial charge in [-0.3, -0.25) is 0 Å². The Morgan fingerprint density at radius 3 is 2.41 bits per heavy atom. The molecule has 11 heteroatoms. The normalized spacial score (nSPS) is 11.5. The maximum Gasteiger partial charge on any atom is 0.276 e. The number of nitrogens with zero attached hydrogens (tertiary/aromatic N) is 1. The molecule has 0 amide bonds. The summed E-state index contributed by atoms with van der Waals surface area (Å²) in [4.78, 5) is 2.29. The monoisotopic (exact) mass is 620 g/mol. The average Bonchev–Trinajstić information content (AvgIpc) is 2.75. The summed E-state index contributed by atoms with van der Waals surface area (Å²) >= 11 is 18.7. The summed E-state index contributed by atoms with van der Waals surface area (Å²) in [6, 6.07) is 14.9. The third-order valence-corrected chi connectivity index (χ3v) is 7.22. The summed E-state index contributed by atoms with van der Waals surface area (Å²) in [5.41, 5.74) is 1.43. The lowest BCUT2D eigenvalue weighted by atomic mass is 10.2. The van der Waals surface area contributed by atoms with Crippen LogP contribution in [0.2, 0.25) is 10.0 Å². The second-order valence-corrected chi connectivity index (χ2v) is 10.6. The van der Waals surface area contributed by atoms with Gasteiger partial charge < -0.3 is 9.47 Å². The molecular formula is C21H16Br2Cl2N2O4S. The molecule has 0 bridgehead atoms. The van der Waals surface area contributed by atoms with Crippen molar-refractivity contribution in [3.63, 3.8) is 0 Å². The van der Waals surface area contributed by atoms with Gasteiger partial charge in [-0.05, 0) is 75.6 Å². The lowest BCUT2D eigenvalue weighted by molar-refractivity contribution is 0.282. The van der Waals surface area contributed by atoms with Gasteiger partial charge in [0.25, 0.3) is 10.0 Å². The van der Waals surface area contributed by atoms with E-state index in [0.29, 0.717) is 31.6 Å². The fourth-order valence-electron chi connectivity index (χ4n) is 2.58. The highest BCUT2D eigenvalue weighted by atomic mass is 79.9. The fourth-order valence-corrected chi connectivity index (χ4v) is 4.53. The minimum Gasteiger partial charge on any atom is -0.493 e. The van der Waals surface area contributed by atoms with Crippen LogP contribution in [-0.4, -0.2) is 21.7 Å². The average molecular weight is 623 g/mol. The van der Waals surface area contributed by atoms with E-state index in [1.807, 2.05) is 6.07 Å². The molecule has 6 nitrogen and oxygen atoms in total. The number of hydrogen-bond acceptors (Lipinski definition) is 5. The molecule has 32 heavy (non-hydrogen) atoms. The Morgan fingerprint density at radius 1 is 1.03 bits per heavy atom. The first-order valence-corrected chi connectivity index (χ1v) is 12.8. The molecule has 0 aliphatic heterocycles. The minimum atomic E-state index is -3.78. The summed E-state index contributed by atoms with van der Waals surface area (Å²) in [6.45, 7) is 0.242. The smallest absolute Gasteiger partial charge is 0.276 e. The third kappa shape index (κ3) is 6.39. The molecule has 0 atom stereocenters. The van der Waals surface area contributed by atoms with E-state index >= 15 is 0 Å². The van der Waals surface area contributed by atoms with E-state index in [-0.39, 0.29) is 11.5 Å². The van der Waals surface area contributed by atoms with Crippen LogP contribution in [0.3, 0.4) is 0 Å². The van der Waals surface area contributed by atoms with E-state index in [1.54, 1.807) is 36.4 Å². The van der Waals surface area contributed by atoms with Crippen molar-refractivity contribution in [3.05, 3.63) is 84.7 Å². The molecule has 3 aromatic carbocycles. The third-order valence-electron chi connectivity index (χ3n) is 4.13. The number of benzene rings is 3. The van der Waals surface area contributed by atoms with Crippen LogP contribution >= 0.6 is 55.1 Å². The van der Waals surface area contributed by atoms with Crippen LogP contribution in [0.5, 0.6) is 11.5 Å². The summed E-state index contributed by atoms with van der Waals surface area (Å²) < 4.78 is 37.4. The Labute approximate surface area is 212 Å². The van der Waals surface area contributed by atoms with Crippen LogP contribution in [0.15, 0.2) is 73.5 Å². The van der Waals surface area contributed by atoms with E-state index in [9.17, 15) is 8.42 Å². The quantitative estimate of drug-likeness (QED) is 0.232. The zero-order valence-corrected chi connectivity index (χ0v) is 22.0. The second kappa shape index (κ2) is 10.9. The number of sulfonamides is 1. The number of hydrogen-bond donors (Lipinski definition) is 1. The predicted octanol–water partition coefficient (Wildman–Crippen LogP) is 6.42. The van der Waals surface area contributed by atoms with Gasteiger partial charge in [0.2, 0.25) is 0 Å². The molecule has 0 heterocycles. The molecule has 168 valence electrons. The van der Waals surface area contributed by atoms with Gasteiger partial charge in [0, 0.05) is 4.47 Å². The van der Waals surface area contributed by atoms with Crippen molar-refractivity contribution < 1.29 is 17.9 Å². The maximum absolute atomic E-state index is 12.3. The molecule has 3 rings (SSSR count). The summed E-state index contributed by atoms with van der Waals surface area (Å²) in [6.07, 6.45) is 1.37. The first-order valence-electron chi connectivity index (χ1n) is 8.94. The topological polar surface area (TPSA) is 77.0 Å². The molecule has 0 unspecified atom stereocenters. The first-order chi connectivity index (χ1) is 15.2. The SMILES string of the molecule is COc1cc(/C=N\NS(=O)(=O)c2ccc(Br)cc2)cc(Br)c1OCc1ccc(Cl)c(Cl)c1. The van der Waals surface area contributed by atoms with Crippen molar-refractivity contribution in [3.8, 4) is 11.5 Å². The largest absolute Gasteiger partial charge is 0.493 e. The van der Waals surface area contributed by atoms with Gasteiger partial charge in [-0.1, -0.05) is 45.2 Å². The van der Waals surface area contributed by atoms with Crippen molar-refractivity contribution in [2.24, 2.45) is 5.10 Å². The zero-order chi connectivity index (χ0) is 23.3. The number of halogens is 4. The molecule has 0 fully saturated rings. The summed E-state index contributed by atoms with van der Waals surface area (Å²) in [5, 5.41) is 4.76. The molecule has 0 aromatic heterocycles. The Hall–Kier alpha value is -1.78. The van der Waals surface area contributed by atoms with Crippen LogP contribution in [0.25, 0.3) is 0 Å². The highest BCUT2D eigenvalue weighted by molar-refractivity contribution is 9.10. The zero-order valence-electron chi connectivity index (χ0n) is 16.5. The van der Waals surface area contributed by atoms with Crippen molar-refractivity contribution >= 4 is 71.3 Å². The summed E-state index contributed by atoms with van der Waals surface area (Å²) in [5.74, 6) is 0.919. The van der Waals surface area contributed by atoms with Gasteiger partial charge in [0.15, 0.2) is 11.5 Å². The molecular weight excluding hydrogens is 607 g/mol. The van der Waals surface area contributed by atoms with Crippen LogP contribution in [0, 0.1) is 0 Å². The van der Waals surface area contributed by atoms with Crippen LogP contribution in [0.4, 0.5) is 0 Å². The molecule has 0 aliphatic rings. The predicted molar refractivity (Wildman–Crippen MR) is 134 cm³/mol. The molecule has 0 spiro atoms. The minimum absolute atomic E-state index is 0.0997. The van der Waals surface area contributed by atoms with E-state index in [1.165, 1.54) is 25.5 Å². The van der Waals surface area contributed by atoms with E-state index in [2.05, 4.69) is 41.8 Å². The number of ether oxygens (including phenoxy) is 2. The maximum atomic E-state index is 12.3. The lowest BCUT2D eigenvalue weighted by Crippen LogP contribution is -2.18. The first kappa shape index (κ1) is 24.9. The van der Waals surface area contributed by atoms with E-state index in [0.717, 1.165) is 10.0 Å². The van der Waals surface area contributed by atoms with Crippen molar-refractivity contribution in [1.29, 1.82) is 0 Å². The Kier molecular flexibility index (Phi) is 8.46. The molecule has 0 saturated heterocycles. The Balaban J connectivity index is 1.73. The van der Waals surface area contributed by atoms with Crippen molar-refractivity contribution in [1.82, 2.24) is 4.83 Å². The van der Waals surface area contributed by atoms with Gasteiger partial charge in [-0.2, -0.15) is 13.5 Å². The van der Waals surface area contributed by atoms with Gasteiger partial charge in [0.05, 0.1) is 32.7 Å². The van der Waals surface area contributed by atoms with E-state index in [4.69, 9.17) is 32.7 Å². The van der Waals surface area contributed by atoms with Gasteiger partial charge >= 0.3 is 0 Å². The van der Waals surface area contributed by atoms with Gasteiger partial charge in [0.1, 0.15) is 6.61 Å². The van der Waals surface area contributed by atoms with E-state index < -0.39 is 10.0 Å². The van der Waals surface area contributed by atoms with Gasteiger partial charge in [-0.25, -0.2) is 4.83 Å². The summed E-state index contributed by atoms with van der Waals surface area (Å²) in [7, 11) is -2.28. The highest BCUT2D eigenvalue weighted by Crippen LogP contribution is 2.37. The Bertz CT molecular complexity index is 1250. The van der Waals surface area contributed by atoms with Crippen molar-refractivity contribution in [2.45, 2.75) is 11.5 Å². The lowest BCUT2D eigenvalue weighted by Gasteiger charge is -2.14. The van der Waals surface area contributed by atoms with Crippen LogP contribution in [0.1, 0.15) is 11.1 Å². The molecule has 0 saturated carbocycles. The molecule has 1 N–H and O–H groups in total. The molecule has 3 aromatic rings. The fraction of sp³-hybridized carbons (Fsp3) is 0.0952. The van der Waals surface area contributed by atoms with Crippen molar-refractivity contribution in [2.75, 3.05) is 7.11 Å². The Morgan fingerprint density at radius 2 is 1.75 bits per heavy atom. The molecule has 0 aliphatic carbocycles.